The molecule has 0 aliphatic rings. The van der Waals surface area contributed by atoms with Gasteiger partial charge in [-0.2, -0.15) is 0 Å². The number of ether oxygens (including phenoxy) is 1. The molecule has 1 aromatic rings. The highest BCUT2D eigenvalue weighted by Crippen LogP contribution is 2.29. The number of hydrogen-bond donors (Lipinski definition) is 1. The van der Waals surface area contributed by atoms with Gasteiger partial charge >= 0.3 is 0 Å². The average molecular weight is 263 g/mol. The second-order valence-electron chi connectivity index (χ2n) is 6.31. The van der Waals surface area contributed by atoms with Crippen molar-refractivity contribution in [1.82, 2.24) is 0 Å². The highest BCUT2D eigenvalue weighted by Gasteiger charge is 2.21. The van der Waals surface area contributed by atoms with Crippen molar-refractivity contribution in [2.75, 3.05) is 5.32 Å². The van der Waals surface area contributed by atoms with Gasteiger partial charge < -0.3 is 10.1 Å². The van der Waals surface area contributed by atoms with Crippen molar-refractivity contribution in [3.8, 4) is 5.75 Å². The van der Waals surface area contributed by atoms with Gasteiger partial charge in [0.1, 0.15) is 5.75 Å². The lowest BCUT2D eigenvalue weighted by Gasteiger charge is -2.20. The predicted octanol–water partition coefficient (Wildman–Crippen LogP) is 4.08. The topological polar surface area (TPSA) is 38.3 Å². The zero-order valence-corrected chi connectivity index (χ0v) is 13.0. The van der Waals surface area contributed by atoms with Crippen LogP contribution >= 0.6 is 0 Å². The summed E-state index contributed by atoms with van der Waals surface area (Å²) in [6.45, 7) is 13.7. The van der Waals surface area contributed by atoms with Crippen LogP contribution in [-0.4, -0.2) is 12.0 Å². The molecule has 0 atom stereocenters. The van der Waals surface area contributed by atoms with E-state index in [9.17, 15) is 4.79 Å². The number of rotatable bonds is 3. The Balaban J connectivity index is 2.98. The molecule has 1 N–H and O–H groups in total. The van der Waals surface area contributed by atoms with Gasteiger partial charge in [-0.25, -0.2) is 0 Å². The van der Waals surface area contributed by atoms with Crippen molar-refractivity contribution in [2.45, 2.75) is 54.6 Å². The quantitative estimate of drug-likeness (QED) is 0.892. The van der Waals surface area contributed by atoms with Gasteiger partial charge in [-0.1, -0.05) is 20.8 Å². The molecule has 3 heteroatoms. The maximum Gasteiger partial charge on any atom is 0.229 e. The number of amides is 1. The SMILES string of the molecule is Cc1cc(NC(=O)C(C)(C)C)cc(C)c1OC(C)C. The minimum absolute atomic E-state index is 0.0174. The van der Waals surface area contributed by atoms with E-state index in [4.69, 9.17) is 4.74 Å². The van der Waals surface area contributed by atoms with Gasteiger partial charge in [-0.15, -0.1) is 0 Å². The molecule has 0 radical (unpaired) electrons. The monoisotopic (exact) mass is 263 g/mol. The van der Waals surface area contributed by atoms with E-state index in [1.165, 1.54) is 0 Å². The first kappa shape index (κ1) is 15.5. The molecule has 0 saturated carbocycles. The van der Waals surface area contributed by atoms with Crippen molar-refractivity contribution >= 4 is 11.6 Å². The first-order valence-corrected chi connectivity index (χ1v) is 6.70. The summed E-state index contributed by atoms with van der Waals surface area (Å²) < 4.78 is 5.79. The molecule has 0 bridgehead atoms. The van der Waals surface area contributed by atoms with Crippen molar-refractivity contribution in [3.05, 3.63) is 23.3 Å². The second kappa shape index (κ2) is 5.64. The van der Waals surface area contributed by atoms with Gasteiger partial charge in [0.2, 0.25) is 5.91 Å². The Morgan fingerprint density at radius 1 is 1.16 bits per heavy atom. The van der Waals surface area contributed by atoms with Gasteiger partial charge in [0, 0.05) is 11.1 Å². The summed E-state index contributed by atoms with van der Waals surface area (Å²) in [6, 6.07) is 3.91. The van der Waals surface area contributed by atoms with Gasteiger partial charge in [0.05, 0.1) is 6.10 Å². The lowest BCUT2D eigenvalue weighted by molar-refractivity contribution is -0.123. The van der Waals surface area contributed by atoms with E-state index >= 15 is 0 Å². The number of carbonyl (C=O) groups is 1. The van der Waals surface area contributed by atoms with Crippen LogP contribution in [0.5, 0.6) is 5.75 Å². The fourth-order valence-corrected chi connectivity index (χ4v) is 1.76. The molecule has 1 aromatic carbocycles. The molecule has 0 unspecified atom stereocenters. The molecule has 0 spiro atoms. The fraction of sp³-hybridized carbons (Fsp3) is 0.562. The van der Waals surface area contributed by atoms with E-state index in [-0.39, 0.29) is 12.0 Å². The summed E-state index contributed by atoms with van der Waals surface area (Å²) in [5, 5.41) is 2.95. The van der Waals surface area contributed by atoms with Crippen molar-refractivity contribution in [3.63, 3.8) is 0 Å². The summed E-state index contributed by atoms with van der Waals surface area (Å²) in [6.07, 6.45) is 0.146. The number of hydrogen-bond acceptors (Lipinski definition) is 2. The minimum Gasteiger partial charge on any atom is -0.490 e. The second-order valence-corrected chi connectivity index (χ2v) is 6.31. The average Bonchev–Trinajstić information content (AvgIpc) is 2.21. The maximum absolute atomic E-state index is 12.0. The Bertz CT molecular complexity index is 447. The minimum atomic E-state index is -0.394. The summed E-state index contributed by atoms with van der Waals surface area (Å²) >= 11 is 0. The zero-order chi connectivity index (χ0) is 14.8. The zero-order valence-electron chi connectivity index (χ0n) is 13.0. The number of anilines is 1. The van der Waals surface area contributed by atoms with Crippen molar-refractivity contribution < 1.29 is 9.53 Å². The Kier molecular flexibility index (Phi) is 4.61. The van der Waals surface area contributed by atoms with Crippen LogP contribution in [0.1, 0.15) is 45.7 Å². The molecule has 0 fully saturated rings. The van der Waals surface area contributed by atoms with E-state index in [1.807, 2.05) is 60.6 Å². The molecule has 1 amide bonds. The third-order valence-corrected chi connectivity index (χ3v) is 2.75. The van der Waals surface area contributed by atoms with Crippen LogP contribution in [0.15, 0.2) is 12.1 Å². The largest absolute Gasteiger partial charge is 0.490 e. The van der Waals surface area contributed by atoms with E-state index in [0.717, 1.165) is 22.6 Å². The number of carbonyl (C=O) groups excluding carboxylic acids is 1. The molecule has 3 nitrogen and oxygen atoms in total. The Morgan fingerprint density at radius 2 is 1.63 bits per heavy atom. The molecule has 0 saturated heterocycles. The highest BCUT2D eigenvalue weighted by molar-refractivity contribution is 5.94. The van der Waals surface area contributed by atoms with Crippen LogP contribution in [0.2, 0.25) is 0 Å². The van der Waals surface area contributed by atoms with E-state index in [2.05, 4.69) is 5.32 Å². The van der Waals surface area contributed by atoms with Gasteiger partial charge in [-0.05, 0) is 51.0 Å². The molecular formula is C16H25NO2. The molecule has 0 aliphatic carbocycles. The van der Waals surface area contributed by atoms with Crippen LogP contribution < -0.4 is 10.1 Å². The molecular weight excluding hydrogens is 238 g/mol. The number of nitrogens with one attached hydrogen (secondary N) is 1. The normalized spacial score (nSPS) is 11.6. The van der Waals surface area contributed by atoms with Crippen LogP contribution in [0.4, 0.5) is 5.69 Å². The molecule has 1 rings (SSSR count). The smallest absolute Gasteiger partial charge is 0.229 e. The fourth-order valence-electron chi connectivity index (χ4n) is 1.76. The molecule has 0 heterocycles. The van der Waals surface area contributed by atoms with Crippen molar-refractivity contribution in [1.29, 1.82) is 0 Å². The van der Waals surface area contributed by atoms with Crippen LogP contribution in [0.25, 0.3) is 0 Å². The van der Waals surface area contributed by atoms with Gasteiger partial charge in [0.25, 0.3) is 0 Å². The summed E-state index contributed by atoms with van der Waals surface area (Å²) in [5.74, 6) is 0.924. The Hall–Kier alpha value is -1.51. The molecule has 19 heavy (non-hydrogen) atoms. The molecule has 0 aromatic heterocycles. The third kappa shape index (κ3) is 4.27. The predicted molar refractivity (Wildman–Crippen MR) is 79.8 cm³/mol. The lowest BCUT2D eigenvalue weighted by Crippen LogP contribution is -2.27. The van der Waals surface area contributed by atoms with Crippen LogP contribution in [-0.2, 0) is 4.79 Å². The summed E-state index contributed by atoms with van der Waals surface area (Å²) in [5.41, 5.74) is 2.51. The first-order valence-electron chi connectivity index (χ1n) is 6.70. The number of aryl methyl sites for hydroxylation is 2. The van der Waals surface area contributed by atoms with E-state index in [0.29, 0.717) is 0 Å². The van der Waals surface area contributed by atoms with Crippen LogP contribution in [0.3, 0.4) is 0 Å². The highest BCUT2D eigenvalue weighted by atomic mass is 16.5. The van der Waals surface area contributed by atoms with Gasteiger partial charge in [0.15, 0.2) is 0 Å². The van der Waals surface area contributed by atoms with Crippen molar-refractivity contribution in [2.24, 2.45) is 5.41 Å². The van der Waals surface area contributed by atoms with Gasteiger partial charge in [-0.3, -0.25) is 4.79 Å². The third-order valence-electron chi connectivity index (χ3n) is 2.75. The Labute approximate surface area is 116 Å². The summed E-state index contributed by atoms with van der Waals surface area (Å²) in [4.78, 5) is 12.0. The lowest BCUT2D eigenvalue weighted by atomic mass is 9.95. The molecule has 0 aliphatic heterocycles. The molecule has 106 valence electrons. The Morgan fingerprint density at radius 3 is 2.00 bits per heavy atom. The first-order chi connectivity index (χ1) is 8.61. The van der Waals surface area contributed by atoms with E-state index in [1.54, 1.807) is 0 Å². The maximum atomic E-state index is 12.0. The number of benzene rings is 1. The summed E-state index contributed by atoms with van der Waals surface area (Å²) in [7, 11) is 0. The van der Waals surface area contributed by atoms with E-state index < -0.39 is 5.41 Å². The standard InChI is InChI=1S/C16H25NO2/c1-10(2)19-14-11(3)8-13(9-12(14)4)17-15(18)16(5,6)7/h8-10H,1-7H3,(H,17,18). The van der Waals surface area contributed by atoms with Crippen LogP contribution in [0, 0.1) is 19.3 Å².